The Kier molecular flexibility index (Phi) is 4.90. The molecular weight excluding hydrogens is 326 g/mol. The lowest BCUT2D eigenvalue weighted by Gasteiger charge is -2.10. The third-order valence-electron chi connectivity index (χ3n) is 3.59. The minimum absolute atomic E-state index is 0.0850. The predicted molar refractivity (Wildman–Crippen MR) is 93.2 cm³/mol. The smallest absolute Gasteiger partial charge is 0.407 e. The van der Waals surface area contributed by atoms with Gasteiger partial charge in [0.1, 0.15) is 17.3 Å². The summed E-state index contributed by atoms with van der Waals surface area (Å²) < 4.78 is 6.69. The molecule has 0 spiro atoms. The molecular formula is C17H17N3O3S. The SMILES string of the molecule is Cc1nc2sccc2c(=O)n1CCNC(=O)OCc1ccccc1. The van der Waals surface area contributed by atoms with Crippen LogP contribution in [-0.2, 0) is 17.9 Å². The van der Waals surface area contributed by atoms with Gasteiger partial charge in [-0.05, 0) is 23.9 Å². The van der Waals surface area contributed by atoms with E-state index in [2.05, 4.69) is 10.3 Å². The quantitative estimate of drug-likeness (QED) is 0.773. The molecule has 3 rings (SSSR count). The highest BCUT2D eigenvalue weighted by molar-refractivity contribution is 7.16. The molecule has 0 aliphatic rings. The average molecular weight is 343 g/mol. The van der Waals surface area contributed by atoms with Gasteiger partial charge in [-0.2, -0.15) is 0 Å². The molecule has 0 aliphatic carbocycles. The number of ether oxygens (including phenoxy) is 1. The third kappa shape index (κ3) is 3.62. The van der Waals surface area contributed by atoms with E-state index in [4.69, 9.17) is 4.74 Å². The predicted octanol–water partition coefficient (Wildman–Crippen LogP) is 2.69. The van der Waals surface area contributed by atoms with Crippen LogP contribution in [0.25, 0.3) is 10.2 Å². The number of thiophene rings is 1. The van der Waals surface area contributed by atoms with Gasteiger partial charge in [0.2, 0.25) is 0 Å². The number of carbonyl (C=O) groups excluding carboxylic acids is 1. The normalized spacial score (nSPS) is 10.7. The molecule has 24 heavy (non-hydrogen) atoms. The van der Waals surface area contributed by atoms with Crippen LogP contribution in [0, 0.1) is 6.92 Å². The van der Waals surface area contributed by atoms with Crippen molar-refractivity contribution in [2.45, 2.75) is 20.1 Å². The fraction of sp³-hybridized carbons (Fsp3) is 0.235. The van der Waals surface area contributed by atoms with Gasteiger partial charge >= 0.3 is 6.09 Å². The molecule has 0 bridgehead atoms. The Morgan fingerprint density at radius 2 is 2.08 bits per heavy atom. The molecule has 7 heteroatoms. The van der Waals surface area contributed by atoms with Crippen molar-refractivity contribution in [3.8, 4) is 0 Å². The largest absolute Gasteiger partial charge is 0.445 e. The summed E-state index contributed by atoms with van der Waals surface area (Å²) in [6.07, 6.45) is -0.505. The van der Waals surface area contributed by atoms with Crippen LogP contribution in [0.1, 0.15) is 11.4 Å². The van der Waals surface area contributed by atoms with Gasteiger partial charge in [-0.25, -0.2) is 9.78 Å². The monoisotopic (exact) mass is 343 g/mol. The van der Waals surface area contributed by atoms with E-state index in [9.17, 15) is 9.59 Å². The topological polar surface area (TPSA) is 73.2 Å². The van der Waals surface area contributed by atoms with Gasteiger partial charge in [-0.15, -0.1) is 11.3 Å². The van der Waals surface area contributed by atoms with Crippen LogP contribution < -0.4 is 10.9 Å². The lowest BCUT2D eigenvalue weighted by atomic mass is 10.2. The number of fused-ring (bicyclic) bond motifs is 1. The number of amides is 1. The summed E-state index contributed by atoms with van der Waals surface area (Å²) in [6, 6.07) is 11.2. The number of rotatable bonds is 5. The van der Waals surface area contributed by atoms with Gasteiger partial charge in [0.05, 0.1) is 5.39 Å². The Hall–Kier alpha value is -2.67. The first kappa shape index (κ1) is 16.2. The molecule has 0 unspecified atom stereocenters. The molecule has 0 aliphatic heterocycles. The molecule has 2 aromatic heterocycles. The van der Waals surface area contributed by atoms with Crippen LogP contribution in [0.5, 0.6) is 0 Å². The van der Waals surface area contributed by atoms with Gasteiger partial charge in [-0.1, -0.05) is 30.3 Å². The fourth-order valence-corrected chi connectivity index (χ4v) is 3.16. The number of benzene rings is 1. The van der Waals surface area contributed by atoms with E-state index in [1.165, 1.54) is 11.3 Å². The first-order valence-corrected chi connectivity index (χ1v) is 8.42. The van der Waals surface area contributed by atoms with E-state index >= 15 is 0 Å². The first-order chi connectivity index (χ1) is 11.6. The molecule has 0 atom stereocenters. The first-order valence-electron chi connectivity index (χ1n) is 7.54. The molecule has 1 aromatic carbocycles. The second kappa shape index (κ2) is 7.27. The Bertz CT molecular complexity index is 902. The highest BCUT2D eigenvalue weighted by atomic mass is 32.1. The zero-order valence-electron chi connectivity index (χ0n) is 13.2. The molecule has 0 fully saturated rings. The lowest BCUT2D eigenvalue weighted by molar-refractivity contribution is 0.139. The Balaban J connectivity index is 1.55. The van der Waals surface area contributed by atoms with Crippen LogP contribution in [0.3, 0.4) is 0 Å². The Morgan fingerprint density at radius 1 is 1.29 bits per heavy atom. The molecule has 0 radical (unpaired) electrons. The number of nitrogens with one attached hydrogen (secondary N) is 1. The summed E-state index contributed by atoms with van der Waals surface area (Å²) in [5, 5.41) is 5.11. The van der Waals surface area contributed by atoms with Crippen molar-refractivity contribution in [3.63, 3.8) is 0 Å². The summed E-state index contributed by atoms with van der Waals surface area (Å²) in [5.41, 5.74) is 0.838. The third-order valence-corrected chi connectivity index (χ3v) is 4.40. The number of aromatic nitrogens is 2. The number of aryl methyl sites for hydroxylation is 1. The second-order valence-electron chi connectivity index (χ2n) is 5.24. The highest BCUT2D eigenvalue weighted by Crippen LogP contribution is 2.14. The van der Waals surface area contributed by atoms with E-state index in [-0.39, 0.29) is 12.2 Å². The van der Waals surface area contributed by atoms with Crippen LogP contribution >= 0.6 is 11.3 Å². The molecule has 0 saturated carbocycles. The second-order valence-corrected chi connectivity index (χ2v) is 6.14. The van der Waals surface area contributed by atoms with Gasteiger partial charge in [0.25, 0.3) is 5.56 Å². The number of hydrogen-bond donors (Lipinski definition) is 1. The van der Waals surface area contributed by atoms with Gasteiger partial charge in [0.15, 0.2) is 0 Å². The van der Waals surface area contributed by atoms with Crippen molar-refractivity contribution in [1.29, 1.82) is 0 Å². The van der Waals surface area contributed by atoms with Crippen LogP contribution in [0.2, 0.25) is 0 Å². The molecule has 3 aromatic rings. The fourth-order valence-electron chi connectivity index (χ4n) is 2.36. The van der Waals surface area contributed by atoms with E-state index in [0.717, 1.165) is 10.4 Å². The maximum absolute atomic E-state index is 12.4. The van der Waals surface area contributed by atoms with E-state index < -0.39 is 6.09 Å². The number of carbonyl (C=O) groups is 1. The highest BCUT2D eigenvalue weighted by Gasteiger charge is 2.09. The molecule has 1 N–H and O–H groups in total. The minimum atomic E-state index is -0.505. The molecule has 124 valence electrons. The Morgan fingerprint density at radius 3 is 2.88 bits per heavy atom. The zero-order valence-corrected chi connectivity index (χ0v) is 14.0. The molecule has 1 amide bonds. The van der Waals surface area contributed by atoms with Gasteiger partial charge in [0, 0.05) is 13.1 Å². The average Bonchev–Trinajstić information content (AvgIpc) is 3.05. The van der Waals surface area contributed by atoms with Gasteiger partial charge < -0.3 is 10.1 Å². The zero-order chi connectivity index (χ0) is 16.9. The van der Waals surface area contributed by atoms with Crippen molar-refractivity contribution in [3.05, 3.63) is 63.5 Å². The van der Waals surface area contributed by atoms with Crippen molar-refractivity contribution in [2.24, 2.45) is 0 Å². The maximum atomic E-state index is 12.4. The summed E-state index contributed by atoms with van der Waals surface area (Å²) >= 11 is 1.44. The number of hydrogen-bond acceptors (Lipinski definition) is 5. The number of nitrogens with zero attached hydrogens (tertiary/aromatic N) is 2. The summed E-state index contributed by atoms with van der Waals surface area (Å²) in [5.74, 6) is 0.634. The summed E-state index contributed by atoms with van der Waals surface area (Å²) in [4.78, 5) is 29.2. The number of alkyl carbamates (subject to hydrolysis) is 1. The van der Waals surface area contributed by atoms with Crippen molar-refractivity contribution < 1.29 is 9.53 Å². The maximum Gasteiger partial charge on any atom is 0.407 e. The van der Waals surface area contributed by atoms with Crippen LogP contribution in [-0.4, -0.2) is 22.2 Å². The standard InChI is InChI=1S/C17H17N3O3S/c1-12-19-15-14(7-10-24-15)16(21)20(12)9-8-18-17(22)23-11-13-5-3-2-4-6-13/h2-7,10H,8-9,11H2,1H3,(H,18,22). The summed E-state index contributed by atoms with van der Waals surface area (Å²) in [6.45, 7) is 2.65. The van der Waals surface area contributed by atoms with Crippen molar-refractivity contribution in [1.82, 2.24) is 14.9 Å². The molecule has 2 heterocycles. The van der Waals surface area contributed by atoms with Crippen LogP contribution in [0.4, 0.5) is 4.79 Å². The molecule has 0 saturated heterocycles. The van der Waals surface area contributed by atoms with Gasteiger partial charge in [-0.3, -0.25) is 9.36 Å². The van der Waals surface area contributed by atoms with Crippen molar-refractivity contribution >= 4 is 27.6 Å². The summed E-state index contributed by atoms with van der Waals surface area (Å²) in [7, 11) is 0. The van der Waals surface area contributed by atoms with E-state index in [1.807, 2.05) is 35.7 Å². The van der Waals surface area contributed by atoms with Crippen LogP contribution in [0.15, 0.2) is 46.6 Å². The lowest BCUT2D eigenvalue weighted by Crippen LogP contribution is -2.32. The van der Waals surface area contributed by atoms with E-state index in [1.54, 1.807) is 17.6 Å². The Labute approximate surface area is 142 Å². The van der Waals surface area contributed by atoms with Crippen molar-refractivity contribution in [2.75, 3.05) is 6.54 Å². The molecule has 6 nitrogen and oxygen atoms in total. The van der Waals surface area contributed by atoms with E-state index in [0.29, 0.717) is 24.3 Å². The minimum Gasteiger partial charge on any atom is -0.445 e.